The molecule has 0 radical (unpaired) electrons. The molecule has 1 heterocycles. The summed E-state index contributed by atoms with van der Waals surface area (Å²) in [6, 6.07) is 6.86. The number of nitrogens with zero attached hydrogens (tertiary/aromatic N) is 2. The number of H-pyrrole nitrogens is 1. The highest BCUT2D eigenvalue weighted by Gasteiger charge is 2.22. The maximum absolute atomic E-state index is 12.2. The van der Waals surface area contributed by atoms with Crippen LogP contribution in [0, 0.1) is 11.8 Å². The van der Waals surface area contributed by atoms with Crippen molar-refractivity contribution in [1.29, 1.82) is 0 Å². The number of aromatic amines is 1. The maximum Gasteiger partial charge on any atom is 0.414 e. The minimum atomic E-state index is -0.311. The first-order valence-electron chi connectivity index (χ1n) is 10.3. The van der Waals surface area contributed by atoms with Gasteiger partial charge in [-0.1, -0.05) is 43.7 Å². The molecule has 1 aliphatic rings. The molecule has 0 saturated heterocycles. The lowest BCUT2D eigenvalue weighted by molar-refractivity contribution is 0.156. The van der Waals surface area contributed by atoms with Gasteiger partial charge in [-0.2, -0.15) is 0 Å². The van der Waals surface area contributed by atoms with Crippen LogP contribution in [-0.4, -0.2) is 34.6 Å². The van der Waals surface area contributed by atoms with Crippen LogP contribution in [-0.2, 0) is 6.42 Å². The lowest BCUT2D eigenvalue weighted by Gasteiger charge is -2.29. The van der Waals surface area contributed by atoms with Gasteiger partial charge in [-0.05, 0) is 48.9 Å². The van der Waals surface area contributed by atoms with Gasteiger partial charge in [0.05, 0.1) is 0 Å². The van der Waals surface area contributed by atoms with Crippen LogP contribution >= 0.6 is 11.6 Å². The van der Waals surface area contributed by atoms with Crippen LogP contribution < -0.4 is 4.74 Å². The van der Waals surface area contributed by atoms with Gasteiger partial charge >= 0.3 is 6.09 Å². The van der Waals surface area contributed by atoms with Crippen molar-refractivity contribution in [3.05, 3.63) is 47.5 Å². The van der Waals surface area contributed by atoms with Gasteiger partial charge in [-0.25, -0.2) is 9.78 Å². The number of nitrogens with one attached hydrogen (secondary N) is 1. The lowest BCUT2D eigenvalue weighted by Crippen LogP contribution is -2.32. The molecule has 1 aromatic heterocycles. The summed E-state index contributed by atoms with van der Waals surface area (Å²) in [6.45, 7) is 0.736. The van der Waals surface area contributed by atoms with Gasteiger partial charge in [-0.15, -0.1) is 0 Å². The Bertz CT molecular complexity index is 710. The number of ether oxygens (including phenoxy) is 1. The average molecular weight is 404 g/mol. The number of rotatable bonds is 8. The summed E-state index contributed by atoms with van der Waals surface area (Å²) in [6.07, 6.45) is 13.2. The summed E-state index contributed by atoms with van der Waals surface area (Å²) >= 11 is 5.85. The van der Waals surface area contributed by atoms with E-state index >= 15 is 0 Å². The fraction of sp³-hybridized carbons (Fsp3) is 0.545. The van der Waals surface area contributed by atoms with Gasteiger partial charge in [-0.3, -0.25) is 0 Å². The number of carbonyl (C=O) groups excluding carboxylic acids is 1. The molecular formula is C22H30ClN3O2. The summed E-state index contributed by atoms with van der Waals surface area (Å²) in [5, 5.41) is 0.629. The van der Waals surface area contributed by atoms with E-state index in [9.17, 15) is 4.79 Å². The molecule has 0 unspecified atom stereocenters. The SMILES string of the molecule is CN(CCC1CCC(CCCc2ncc[nH]2)CC1)C(=O)Oc1ccc(Cl)cc1. The molecule has 1 N–H and O–H groups in total. The second-order valence-corrected chi connectivity index (χ2v) is 8.28. The third kappa shape index (κ3) is 6.55. The third-order valence-electron chi connectivity index (χ3n) is 5.75. The van der Waals surface area contributed by atoms with Gasteiger partial charge in [0, 0.05) is 37.4 Å². The van der Waals surface area contributed by atoms with E-state index in [2.05, 4.69) is 9.97 Å². The smallest absolute Gasteiger partial charge is 0.410 e. The molecule has 3 rings (SSSR count). The van der Waals surface area contributed by atoms with E-state index < -0.39 is 0 Å². The van der Waals surface area contributed by atoms with Crippen molar-refractivity contribution in [3.63, 3.8) is 0 Å². The monoisotopic (exact) mass is 403 g/mol. The van der Waals surface area contributed by atoms with Crippen LogP contribution in [0.5, 0.6) is 5.75 Å². The van der Waals surface area contributed by atoms with Crippen molar-refractivity contribution in [2.75, 3.05) is 13.6 Å². The molecular weight excluding hydrogens is 374 g/mol. The van der Waals surface area contributed by atoms with Gasteiger partial charge in [0.25, 0.3) is 0 Å². The van der Waals surface area contributed by atoms with E-state index in [-0.39, 0.29) is 6.09 Å². The molecule has 152 valence electrons. The van der Waals surface area contributed by atoms with E-state index in [0.717, 1.165) is 31.1 Å². The first-order chi connectivity index (χ1) is 13.6. The first-order valence-corrected chi connectivity index (χ1v) is 10.6. The fourth-order valence-corrected chi connectivity index (χ4v) is 4.08. The van der Waals surface area contributed by atoms with Gasteiger partial charge in [0.15, 0.2) is 0 Å². The molecule has 1 aromatic carbocycles. The molecule has 0 bridgehead atoms. The summed E-state index contributed by atoms with van der Waals surface area (Å²) in [4.78, 5) is 21.3. The first kappa shape index (κ1) is 20.7. The van der Waals surface area contributed by atoms with E-state index in [1.165, 1.54) is 38.5 Å². The van der Waals surface area contributed by atoms with Crippen LogP contribution in [0.25, 0.3) is 0 Å². The van der Waals surface area contributed by atoms with Crippen LogP contribution in [0.4, 0.5) is 4.79 Å². The van der Waals surface area contributed by atoms with Crippen LogP contribution in [0.2, 0.25) is 5.02 Å². The molecule has 0 aliphatic heterocycles. The number of amides is 1. The Morgan fingerprint density at radius 1 is 1.18 bits per heavy atom. The number of carbonyl (C=O) groups is 1. The minimum Gasteiger partial charge on any atom is -0.410 e. The summed E-state index contributed by atoms with van der Waals surface area (Å²) in [7, 11) is 1.80. The Balaban J connectivity index is 1.29. The van der Waals surface area contributed by atoms with Crippen molar-refractivity contribution < 1.29 is 9.53 Å². The number of aryl methyl sites for hydroxylation is 1. The molecule has 6 heteroatoms. The highest BCUT2D eigenvalue weighted by Crippen LogP contribution is 2.33. The number of halogens is 1. The quantitative estimate of drug-likeness (QED) is 0.613. The number of aromatic nitrogens is 2. The summed E-state index contributed by atoms with van der Waals surface area (Å²) in [5.41, 5.74) is 0. The average Bonchev–Trinajstić information content (AvgIpc) is 3.22. The molecule has 1 saturated carbocycles. The molecule has 28 heavy (non-hydrogen) atoms. The third-order valence-corrected chi connectivity index (χ3v) is 6.00. The van der Waals surface area contributed by atoms with E-state index in [4.69, 9.17) is 16.3 Å². The van der Waals surface area contributed by atoms with Crippen molar-refractivity contribution in [2.45, 2.75) is 51.4 Å². The van der Waals surface area contributed by atoms with E-state index in [1.54, 1.807) is 36.2 Å². The van der Waals surface area contributed by atoms with Gasteiger partial charge < -0.3 is 14.6 Å². The Morgan fingerprint density at radius 2 is 1.86 bits per heavy atom. The fourth-order valence-electron chi connectivity index (χ4n) is 3.95. The maximum atomic E-state index is 12.2. The van der Waals surface area contributed by atoms with E-state index in [0.29, 0.717) is 16.7 Å². The Kier molecular flexibility index (Phi) is 7.78. The molecule has 0 spiro atoms. The molecule has 1 amide bonds. The van der Waals surface area contributed by atoms with Crippen molar-refractivity contribution in [2.24, 2.45) is 11.8 Å². The molecule has 2 aromatic rings. The minimum absolute atomic E-state index is 0.311. The predicted molar refractivity (Wildman–Crippen MR) is 112 cm³/mol. The Morgan fingerprint density at radius 3 is 2.50 bits per heavy atom. The van der Waals surface area contributed by atoms with E-state index in [1.807, 2.05) is 12.4 Å². The number of benzene rings is 1. The normalized spacial score (nSPS) is 19.4. The van der Waals surface area contributed by atoms with Crippen molar-refractivity contribution in [1.82, 2.24) is 14.9 Å². The largest absolute Gasteiger partial charge is 0.414 e. The lowest BCUT2D eigenvalue weighted by atomic mass is 9.78. The molecule has 0 atom stereocenters. The zero-order chi connectivity index (χ0) is 19.8. The zero-order valence-electron chi connectivity index (χ0n) is 16.6. The standard InChI is InChI=1S/C22H30ClN3O2/c1-26(22(27)28-20-11-9-19(23)10-12-20)16-13-18-7-5-17(6-8-18)3-2-4-21-24-14-15-25-21/h9-12,14-15,17-18H,2-8,13,16H2,1H3,(H,24,25). The second-order valence-electron chi connectivity index (χ2n) is 7.85. The number of hydrogen-bond donors (Lipinski definition) is 1. The van der Waals surface area contributed by atoms with Crippen molar-refractivity contribution >= 4 is 17.7 Å². The van der Waals surface area contributed by atoms with Crippen molar-refractivity contribution in [3.8, 4) is 5.75 Å². The summed E-state index contributed by atoms with van der Waals surface area (Å²) in [5.74, 6) is 3.18. The topological polar surface area (TPSA) is 58.2 Å². The summed E-state index contributed by atoms with van der Waals surface area (Å²) < 4.78 is 5.38. The highest BCUT2D eigenvalue weighted by molar-refractivity contribution is 6.30. The van der Waals surface area contributed by atoms with Crippen LogP contribution in [0.15, 0.2) is 36.7 Å². The Hall–Kier alpha value is -2.01. The van der Waals surface area contributed by atoms with Crippen LogP contribution in [0.1, 0.15) is 50.8 Å². The molecule has 1 aliphatic carbocycles. The Labute approximate surface area is 172 Å². The molecule has 5 nitrogen and oxygen atoms in total. The number of hydrogen-bond acceptors (Lipinski definition) is 3. The van der Waals surface area contributed by atoms with Crippen LogP contribution in [0.3, 0.4) is 0 Å². The highest BCUT2D eigenvalue weighted by atomic mass is 35.5. The predicted octanol–water partition coefficient (Wildman–Crippen LogP) is 5.71. The zero-order valence-corrected chi connectivity index (χ0v) is 17.3. The van der Waals surface area contributed by atoms with Gasteiger partial charge in [0.1, 0.15) is 11.6 Å². The van der Waals surface area contributed by atoms with Gasteiger partial charge in [0.2, 0.25) is 0 Å². The second kappa shape index (κ2) is 10.5. The number of imidazole rings is 1. The molecule has 1 fully saturated rings.